The van der Waals surface area contributed by atoms with Gasteiger partial charge in [-0.25, -0.2) is 0 Å². The quantitative estimate of drug-likeness (QED) is 0.858. The molecule has 0 fully saturated rings. The number of halogens is 3. The minimum atomic E-state index is -4.58. The number of carbonyl (C=O) groups excluding carboxylic acids is 1. The molecule has 6 nitrogen and oxygen atoms in total. The molecule has 0 saturated heterocycles. The Morgan fingerprint density at radius 1 is 1.39 bits per heavy atom. The number of aromatic nitrogens is 2. The van der Waals surface area contributed by atoms with Crippen molar-refractivity contribution in [2.45, 2.75) is 26.2 Å². The molecule has 0 radical (unpaired) electrons. The van der Waals surface area contributed by atoms with Crippen molar-refractivity contribution in [2.75, 3.05) is 7.05 Å². The Balaban J connectivity index is 2.11. The highest BCUT2D eigenvalue weighted by molar-refractivity contribution is 5.75. The fourth-order valence-corrected chi connectivity index (χ4v) is 1.91. The highest BCUT2D eigenvalue weighted by Crippen LogP contribution is 2.28. The molecule has 0 aliphatic rings. The predicted octanol–water partition coefficient (Wildman–Crippen LogP) is 1.82. The zero-order valence-corrected chi connectivity index (χ0v) is 12.4. The Bertz CT molecular complexity index is 764. The van der Waals surface area contributed by atoms with E-state index in [1.807, 2.05) is 0 Å². The molecule has 0 aliphatic carbocycles. The molecule has 23 heavy (non-hydrogen) atoms. The maximum atomic E-state index is 12.7. The van der Waals surface area contributed by atoms with Gasteiger partial charge in [0.1, 0.15) is 18.0 Å². The average molecular weight is 329 g/mol. The molecule has 0 unspecified atom stereocenters. The van der Waals surface area contributed by atoms with E-state index in [4.69, 9.17) is 4.52 Å². The third-order valence-corrected chi connectivity index (χ3v) is 3.12. The molecule has 0 bridgehead atoms. The lowest BCUT2D eigenvalue weighted by molar-refractivity contribution is -0.138. The molecule has 0 aromatic carbocycles. The Morgan fingerprint density at radius 2 is 2.09 bits per heavy atom. The number of alkyl halides is 3. The molecule has 2 heterocycles. The molecule has 0 N–H and O–H groups in total. The number of hydrogen-bond donors (Lipinski definition) is 0. The van der Waals surface area contributed by atoms with Crippen LogP contribution in [0.4, 0.5) is 13.2 Å². The van der Waals surface area contributed by atoms with E-state index in [1.54, 1.807) is 13.0 Å². The minimum Gasteiger partial charge on any atom is -0.361 e. The summed E-state index contributed by atoms with van der Waals surface area (Å²) in [5.74, 6) is 0.0574. The summed E-state index contributed by atoms with van der Waals surface area (Å²) in [6.45, 7) is 1.33. The fourth-order valence-electron chi connectivity index (χ4n) is 1.91. The van der Waals surface area contributed by atoms with Gasteiger partial charge in [0.25, 0.3) is 5.56 Å². The molecule has 2 aromatic heterocycles. The average Bonchev–Trinajstić information content (AvgIpc) is 2.85. The molecule has 0 spiro atoms. The molecule has 0 saturated carbocycles. The molecule has 9 heteroatoms. The second-order valence-corrected chi connectivity index (χ2v) is 5.06. The van der Waals surface area contributed by atoms with Crippen LogP contribution in [0, 0.1) is 6.92 Å². The van der Waals surface area contributed by atoms with Crippen LogP contribution in [0.3, 0.4) is 0 Å². The second kappa shape index (κ2) is 6.27. The van der Waals surface area contributed by atoms with E-state index in [2.05, 4.69) is 5.16 Å². The normalized spacial score (nSPS) is 11.5. The Morgan fingerprint density at radius 3 is 2.65 bits per heavy atom. The number of rotatable bonds is 4. The van der Waals surface area contributed by atoms with Crippen LogP contribution in [0.5, 0.6) is 0 Å². The van der Waals surface area contributed by atoms with Crippen LogP contribution in [-0.4, -0.2) is 27.6 Å². The third kappa shape index (κ3) is 4.21. The SMILES string of the molecule is Cc1cc(CN(C)C(=O)Cn2cc(C(F)(F)F)ccc2=O)no1. The van der Waals surface area contributed by atoms with E-state index in [1.165, 1.54) is 11.9 Å². The number of pyridine rings is 1. The van der Waals surface area contributed by atoms with E-state index in [0.29, 0.717) is 23.7 Å². The van der Waals surface area contributed by atoms with Gasteiger partial charge in [-0.3, -0.25) is 9.59 Å². The highest BCUT2D eigenvalue weighted by Gasteiger charge is 2.31. The molecular weight excluding hydrogens is 315 g/mol. The van der Waals surface area contributed by atoms with Gasteiger partial charge in [-0.1, -0.05) is 5.16 Å². The fraction of sp³-hybridized carbons (Fsp3) is 0.357. The van der Waals surface area contributed by atoms with E-state index < -0.39 is 29.8 Å². The van der Waals surface area contributed by atoms with Gasteiger partial charge < -0.3 is 14.0 Å². The van der Waals surface area contributed by atoms with Gasteiger partial charge in [0.2, 0.25) is 5.91 Å². The smallest absolute Gasteiger partial charge is 0.361 e. The summed E-state index contributed by atoms with van der Waals surface area (Å²) >= 11 is 0. The Kier molecular flexibility index (Phi) is 4.57. The van der Waals surface area contributed by atoms with Gasteiger partial charge >= 0.3 is 6.18 Å². The van der Waals surface area contributed by atoms with Crippen molar-refractivity contribution in [3.05, 3.63) is 51.8 Å². The van der Waals surface area contributed by atoms with Gasteiger partial charge in [-0.05, 0) is 13.0 Å². The zero-order chi connectivity index (χ0) is 17.2. The van der Waals surface area contributed by atoms with E-state index in [-0.39, 0.29) is 6.54 Å². The molecule has 2 aromatic rings. The van der Waals surface area contributed by atoms with Crippen LogP contribution in [0.25, 0.3) is 0 Å². The Labute approximate surface area is 129 Å². The lowest BCUT2D eigenvalue weighted by atomic mass is 10.2. The summed E-state index contributed by atoms with van der Waals surface area (Å²) in [5.41, 5.74) is -1.16. The lowest BCUT2D eigenvalue weighted by Crippen LogP contribution is -2.33. The van der Waals surface area contributed by atoms with Crippen LogP contribution in [0.2, 0.25) is 0 Å². The summed E-state index contributed by atoms with van der Waals surface area (Å²) in [5, 5.41) is 3.72. The zero-order valence-electron chi connectivity index (χ0n) is 12.4. The molecule has 124 valence electrons. The number of carbonyl (C=O) groups is 1. The van der Waals surface area contributed by atoms with E-state index in [9.17, 15) is 22.8 Å². The van der Waals surface area contributed by atoms with Crippen LogP contribution in [0.15, 0.2) is 33.7 Å². The molecule has 0 aliphatic heterocycles. The first-order valence-electron chi connectivity index (χ1n) is 6.60. The summed E-state index contributed by atoms with van der Waals surface area (Å²) in [4.78, 5) is 24.9. The number of amides is 1. The van der Waals surface area contributed by atoms with Crippen LogP contribution in [-0.2, 0) is 24.1 Å². The number of hydrogen-bond acceptors (Lipinski definition) is 4. The van der Waals surface area contributed by atoms with Crippen molar-refractivity contribution in [1.82, 2.24) is 14.6 Å². The van der Waals surface area contributed by atoms with Gasteiger partial charge in [0.05, 0.1) is 12.1 Å². The summed E-state index contributed by atoms with van der Waals surface area (Å²) in [6, 6.07) is 3.11. The molecule has 2 rings (SSSR count). The van der Waals surface area contributed by atoms with Crippen molar-refractivity contribution >= 4 is 5.91 Å². The minimum absolute atomic E-state index is 0.129. The maximum Gasteiger partial charge on any atom is 0.417 e. The number of nitrogens with zero attached hydrogens (tertiary/aromatic N) is 3. The molecule has 1 amide bonds. The van der Waals surface area contributed by atoms with Crippen molar-refractivity contribution in [2.24, 2.45) is 0 Å². The highest BCUT2D eigenvalue weighted by atomic mass is 19.4. The van der Waals surface area contributed by atoms with E-state index in [0.717, 1.165) is 10.6 Å². The predicted molar refractivity (Wildman–Crippen MR) is 73.4 cm³/mol. The van der Waals surface area contributed by atoms with Crippen molar-refractivity contribution < 1.29 is 22.5 Å². The summed E-state index contributed by atoms with van der Waals surface area (Å²) in [7, 11) is 1.46. The first-order chi connectivity index (χ1) is 10.7. The Hall–Kier alpha value is -2.58. The van der Waals surface area contributed by atoms with Crippen molar-refractivity contribution in [1.29, 1.82) is 0 Å². The summed E-state index contributed by atoms with van der Waals surface area (Å²) < 4.78 is 43.6. The van der Waals surface area contributed by atoms with Crippen LogP contribution in [0.1, 0.15) is 17.0 Å². The van der Waals surface area contributed by atoms with Gasteiger partial charge in [-0.2, -0.15) is 13.2 Å². The monoisotopic (exact) mass is 329 g/mol. The number of aryl methyl sites for hydroxylation is 1. The van der Waals surface area contributed by atoms with Crippen LogP contribution >= 0.6 is 0 Å². The molecule has 0 atom stereocenters. The van der Waals surface area contributed by atoms with E-state index >= 15 is 0 Å². The molecular formula is C14H14F3N3O3. The summed E-state index contributed by atoms with van der Waals surface area (Å²) in [6.07, 6.45) is -3.95. The van der Waals surface area contributed by atoms with Gasteiger partial charge in [0, 0.05) is 25.4 Å². The van der Waals surface area contributed by atoms with Crippen LogP contribution < -0.4 is 5.56 Å². The van der Waals surface area contributed by atoms with Crippen molar-refractivity contribution in [3.63, 3.8) is 0 Å². The topological polar surface area (TPSA) is 68.3 Å². The third-order valence-electron chi connectivity index (χ3n) is 3.12. The van der Waals surface area contributed by atoms with Crippen molar-refractivity contribution in [3.8, 4) is 0 Å². The largest absolute Gasteiger partial charge is 0.417 e. The first kappa shape index (κ1) is 16.8. The lowest BCUT2D eigenvalue weighted by Gasteiger charge is -2.17. The standard InChI is InChI=1S/C14H14F3N3O3/c1-9-5-11(18-23-9)7-19(2)13(22)8-20-6-10(14(15,16)17)3-4-12(20)21/h3-6H,7-8H2,1-2H3. The van der Waals surface area contributed by atoms with Gasteiger partial charge in [-0.15, -0.1) is 0 Å². The second-order valence-electron chi connectivity index (χ2n) is 5.06. The first-order valence-corrected chi connectivity index (χ1v) is 6.60. The van der Waals surface area contributed by atoms with Gasteiger partial charge in [0.15, 0.2) is 0 Å². The number of likely N-dealkylation sites (N-methyl/N-ethyl adjacent to an activating group) is 1. The maximum absolute atomic E-state index is 12.7.